The van der Waals surface area contributed by atoms with Gasteiger partial charge in [0.05, 0.1) is 11.4 Å². The fourth-order valence-electron chi connectivity index (χ4n) is 2.48. The van der Waals surface area contributed by atoms with E-state index >= 15 is 0 Å². The molecule has 0 atom stereocenters. The summed E-state index contributed by atoms with van der Waals surface area (Å²) in [5.41, 5.74) is 7.15. The number of nitrogens with two attached hydrogens (primary N) is 1. The van der Waals surface area contributed by atoms with Crippen molar-refractivity contribution in [2.24, 2.45) is 11.1 Å². The Morgan fingerprint density at radius 2 is 1.85 bits per heavy atom. The van der Waals surface area contributed by atoms with Gasteiger partial charge in [0.1, 0.15) is 5.52 Å². The van der Waals surface area contributed by atoms with Gasteiger partial charge in [-0.05, 0) is 25.0 Å². The summed E-state index contributed by atoms with van der Waals surface area (Å²) in [7, 11) is 0. The van der Waals surface area contributed by atoms with E-state index in [9.17, 15) is 0 Å². The van der Waals surface area contributed by atoms with Crippen molar-refractivity contribution in [2.45, 2.75) is 19.8 Å². The molecule has 3 N–H and O–H groups in total. The van der Waals surface area contributed by atoms with E-state index in [1.807, 2.05) is 31.2 Å². The molecule has 1 aliphatic heterocycles. The molecule has 1 aromatic carbocycles. The largest absolute Gasteiger partial charge is 0.387 e. The summed E-state index contributed by atoms with van der Waals surface area (Å²) in [6.45, 7) is 3.65. The number of piperidine rings is 1. The van der Waals surface area contributed by atoms with Crippen LogP contribution in [0.1, 0.15) is 19.8 Å². The first kappa shape index (κ1) is 12.8. The van der Waals surface area contributed by atoms with Gasteiger partial charge in [0, 0.05) is 18.5 Å². The molecule has 0 amide bonds. The van der Waals surface area contributed by atoms with E-state index in [-0.39, 0.29) is 11.3 Å². The molecule has 1 aromatic heterocycles. The number of hydrogen-bond donors (Lipinski definition) is 2. The molecular formula is C14H18N6. The van der Waals surface area contributed by atoms with E-state index in [2.05, 4.69) is 20.1 Å². The number of nitrogens with zero attached hydrogens (tertiary/aromatic N) is 4. The van der Waals surface area contributed by atoms with Gasteiger partial charge in [-0.25, -0.2) is 4.98 Å². The van der Waals surface area contributed by atoms with Crippen LogP contribution in [0.25, 0.3) is 11.0 Å². The Morgan fingerprint density at radius 1 is 1.20 bits per heavy atom. The smallest absolute Gasteiger partial charge is 0.245 e. The van der Waals surface area contributed by atoms with Crippen molar-refractivity contribution in [3.05, 3.63) is 24.3 Å². The zero-order chi connectivity index (χ0) is 14.2. The van der Waals surface area contributed by atoms with Gasteiger partial charge in [0.2, 0.25) is 5.95 Å². The number of hydrogen-bond acceptors (Lipinski definition) is 5. The van der Waals surface area contributed by atoms with Crippen LogP contribution in [-0.4, -0.2) is 34.1 Å². The molecule has 0 saturated carbocycles. The van der Waals surface area contributed by atoms with Crippen LogP contribution < -0.4 is 10.6 Å². The van der Waals surface area contributed by atoms with E-state index in [0.717, 1.165) is 37.0 Å². The maximum Gasteiger partial charge on any atom is 0.245 e. The van der Waals surface area contributed by atoms with Gasteiger partial charge in [0.25, 0.3) is 0 Å². The van der Waals surface area contributed by atoms with Crippen molar-refractivity contribution in [1.82, 2.24) is 15.2 Å². The Bertz CT molecular complexity index is 645. The lowest BCUT2D eigenvalue weighted by molar-refractivity contribution is 0.348. The van der Waals surface area contributed by atoms with Gasteiger partial charge in [-0.3, -0.25) is 5.41 Å². The van der Waals surface area contributed by atoms with Crippen LogP contribution in [0.15, 0.2) is 24.3 Å². The predicted molar refractivity (Wildman–Crippen MR) is 78.8 cm³/mol. The first-order valence-corrected chi connectivity index (χ1v) is 6.77. The third-order valence-corrected chi connectivity index (χ3v) is 4.15. The SMILES string of the molecule is CC1(C(=N)N)CCN(c2nnc3ccccc3n2)CC1. The second-order valence-corrected chi connectivity index (χ2v) is 5.56. The molecule has 2 aromatic rings. The molecule has 1 fully saturated rings. The standard InChI is InChI=1S/C14H18N6/c1-14(12(15)16)6-8-20(9-7-14)13-17-10-4-2-3-5-11(10)18-19-13/h2-5H,6-9H2,1H3,(H3,15,16). The summed E-state index contributed by atoms with van der Waals surface area (Å²) in [6, 6.07) is 7.72. The Morgan fingerprint density at radius 3 is 2.50 bits per heavy atom. The van der Waals surface area contributed by atoms with Crippen molar-refractivity contribution < 1.29 is 0 Å². The maximum absolute atomic E-state index is 7.68. The maximum atomic E-state index is 7.68. The lowest BCUT2D eigenvalue weighted by Crippen LogP contribution is -2.45. The predicted octanol–water partition coefficient (Wildman–Crippen LogP) is 1.57. The molecule has 1 aliphatic rings. The number of rotatable bonds is 2. The van der Waals surface area contributed by atoms with Crippen LogP contribution in [0.3, 0.4) is 0 Å². The lowest BCUT2D eigenvalue weighted by atomic mass is 9.79. The lowest BCUT2D eigenvalue weighted by Gasteiger charge is -2.38. The number of amidine groups is 1. The molecule has 104 valence electrons. The summed E-state index contributed by atoms with van der Waals surface area (Å²) in [5, 5.41) is 16.1. The van der Waals surface area contributed by atoms with Crippen molar-refractivity contribution in [3.8, 4) is 0 Å². The topological polar surface area (TPSA) is 91.8 Å². The molecule has 0 bridgehead atoms. The van der Waals surface area contributed by atoms with Crippen molar-refractivity contribution in [1.29, 1.82) is 5.41 Å². The van der Waals surface area contributed by atoms with E-state index in [1.165, 1.54) is 0 Å². The normalized spacial score (nSPS) is 18.1. The quantitative estimate of drug-likeness (QED) is 0.638. The van der Waals surface area contributed by atoms with Crippen LogP contribution in [0.4, 0.5) is 5.95 Å². The second-order valence-electron chi connectivity index (χ2n) is 5.56. The minimum absolute atomic E-state index is 0.194. The third kappa shape index (κ3) is 2.17. The third-order valence-electron chi connectivity index (χ3n) is 4.15. The van der Waals surface area contributed by atoms with Crippen molar-refractivity contribution >= 4 is 22.8 Å². The molecule has 2 heterocycles. The van der Waals surface area contributed by atoms with Crippen molar-refractivity contribution in [3.63, 3.8) is 0 Å². The Kier molecular flexibility index (Phi) is 3.00. The number of nitrogens with one attached hydrogen (secondary N) is 1. The monoisotopic (exact) mass is 270 g/mol. The minimum Gasteiger partial charge on any atom is -0.387 e. The molecule has 0 radical (unpaired) electrons. The van der Waals surface area contributed by atoms with E-state index in [1.54, 1.807) is 0 Å². The fraction of sp³-hybridized carbons (Fsp3) is 0.429. The first-order chi connectivity index (χ1) is 9.58. The van der Waals surface area contributed by atoms with Gasteiger partial charge < -0.3 is 10.6 Å². The number of aromatic nitrogens is 3. The van der Waals surface area contributed by atoms with E-state index < -0.39 is 0 Å². The van der Waals surface area contributed by atoms with Crippen molar-refractivity contribution in [2.75, 3.05) is 18.0 Å². The van der Waals surface area contributed by atoms with Crippen LogP contribution in [0.2, 0.25) is 0 Å². The Hall–Kier alpha value is -2.24. The highest BCUT2D eigenvalue weighted by Crippen LogP contribution is 2.31. The zero-order valence-corrected chi connectivity index (χ0v) is 11.5. The van der Waals surface area contributed by atoms with Crippen LogP contribution >= 0.6 is 0 Å². The first-order valence-electron chi connectivity index (χ1n) is 6.77. The molecular weight excluding hydrogens is 252 g/mol. The van der Waals surface area contributed by atoms with Gasteiger partial charge >= 0.3 is 0 Å². The van der Waals surface area contributed by atoms with Crippen LogP contribution in [0, 0.1) is 10.8 Å². The zero-order valence-electron chi connectivity index (χ0n) is 11.5. The Balaban J connectivity index is 1.81. The summed E-state index contributed by atoms with van der Waals surface area (Å²) in [5.74, 6) is 0.934. The number of para-hydroxylation sites is 1. The molecule has 0 aliphatic carbocycles. The van der Waals surface area contributed by atoms with Gasteiger partial charge in [-0.1, -0.05) is 19.1 Å². The molecule has 3 rings (SSSR count). The highest BCUT2D eigenvalue weighted by Gasteiger charge is 2.33. The second kappa shape index (κ2) is 4.70. The summed E-state index contributed by atoms with van der Waals surface area (Å²) in [4.78, 5) is 6.67. The van der Waals surface area contributed by atoms with Gasteiger partial charge in [0.15, 0.2) is 0 Å². The molecule has 6 nitrogen and oxygen atoms in total. The molecule has 1 saturated heterocycles. The number of anilines is 1. The van der Waals surface area contributed by atoms with Crippen LogP contribution in [-0.2, 0) is 0 Å². The summed E-state index contributed by atoms with van der Waals surface area (Å²) < 4.78 is 0. The molecule has 0 spiro atoms. The summed E-state index contributed by atoms with van der Waals surface area (Å²) in [6.07, 6.45) is 1.69. The number of benzene rings is 1. The minimum atomic E-state index is -0.194. The van der Waals surface area contributed by atoms with Crippen LogP contribution in [0.5, 0.6) is 0 Å². The molecule has 6 heteroatoms. The molecule has 20 heavy (non-hydrogen) atoms. The number of fused-ring (bicyclic) bond motifs is 1. The van der Waals surface area contributed by atoms with E-state index in [4.69, 9.17) is 11.1 Å². The molecule has 0 unspecified atom stereocenters. The van der Waals surface area contributed by atoms with E-state index in [0.29, 0.717) is 5.95 Å². The van der Waals surface area contributed by atoms with Gasteiger partial charge in [-0.2, -0.15) is 0 Å². The highest BCUT2D eigenvalue weighted by molar-refractivity contribution is 5.83. The average molecular weight is 270 g/mol. The fourth-order valence-corrected chi connectivity index (χ4v) is 2.48. The highest BCUT2D eigenvalue weighted by atomic mass is 15.3. The summed E-state index contributed by atoms with van der Waals surface area (Å²) >= 11 is 0. The Labute approximate surface area is 117 Å². The van der Waals surface area contributed by atoms with Gasteiger partial charge in [-0.15, -0.1) is 10.2 Å². The average Bonchev–Trinajstić information content (AvgIpc) is 2.47.